The summed E-state index contributed by atoms with van der Waals surface area (Å²) in [5, 5.41) is 8.81. The Hall–Kier alpha value is -0.780. The molecule has 0 amide bonds. The molecule has 0 unspecified atom stereocenters. The maximum absolute atomic E-state index is 10.7. The number of thiophene rings is 2. The molecule has 0 aliphatic rings. The van der Waals surface area contributed by atoms with Crippen LogP contribution in [0.25, 0.3) is 9.75 Å². The number of carboxylic acid groups (broad SMARTS) is 1. The maximum atomic E-state index is 10.7. The van der Waals surface area contributed by atoms with Crippen LogP contribution in [0.2, 0.25) is 0 Å². The molecule has 0 aromatic carbocycles. The number of carboxylic acids is 1. The molecule has 5 heteroatoms. The van der Waals surface area contributed by atoms with E-state index in [9.17, 15) is 4.79 Å². The van der Waals surface area contributed by atoms with E-state index >= 15 is 0 Å². The van der Waals surface area contributed by atoms with E-state index in [1.807, 2.05) is 18.4 Å². The van der Waals surface area contributed by atoms with Crippen LogP contribution in [-0.2, 0) is 0 Å². The first-order chi connectivity index (χ1) is 7.20. The van der Waals surface area contributed by atoms with Crippen LogP contribution in [0.3, 0.4) is 0 Å². The second-order valence-corrected chi connectivity index (χ2v) is 6.07. The summed E-state index contributed by atoms with van der Waals surface area (Å²) in [6.07, 6.45) is 2.03. The smallest absolute Gasteiger partial charge is 0.345 e. The third-order valence-electron chi connectivity index (χ3n) is 1.84. The summed E-state index contributed by atoms with van der Waals surface area (Å²) in [6.45, 7) is 0. The number of hydrogen-bond donors (Lipinski definition) is 1. The van der Waals surface area contributed by atoms with Crippen LogP contribution in [-0.4, -0.2) is 17.3 Å². The molecule has 15 heavy (non-hydrogen) atoms. The van der Waals surface area contributed by atoms with Crippen molar-refractivity contribution in [2.45, 2.75) is 4.21 Å². The Kier molecular flexibility index (Phi) is 3.14. The van der Waals surface area contributed by atoms with Crippen LogP contribution in [0, 0.1) is 0 Å². The average molecular weight is 256 g/mol. The van der Waals surface area contributed by atoms with E-state index in [-0.39, 0.29) is 0 Å². The largest absolute Gasteiger partial charge is 0.477 e. The minimum Gasteiger partial charge on any atom is -0.477 e. The summed E-state index contributed by atoms with van der Waals surface area (Å²) in [6, 6.07) is 7.61. The quantitative estimate of drug-likeness (QED) is 0.846. The Morgan fingerprint density at radius 1 is 1.20 bits per heavy atom. The summed E-state index contributed by atoms with van der Waals surface area (Å²) in [5.74, 6) is -0.854. The monoisotopic (exact) mass is 256 g/mol. The predicted molar refractivity (Wildman–Crippen MR) is 66.4 cm³/mol. The predicted octanol–water partition coefficient (Wildman–Crippen LogP) is 3.90. The zero-order valence-corrected chi connectivity index (χ0v) is 10.3. The third-order valence-corrected chi connectivity index (χ3v) is 5.28. The molecule has 0 radical (unpaired) electrons. The van der Waals surface area contributed by atoms with Crippen molar-refractivity contribution in [3.05, 3.63) is 29.1 Å². The molecule has 0 bridgehead atoms. The van der Waals surface area contributed by atoms with E-state index in [1.165, 1.54) is 15.5 Å². The van der Waals surface area contributed by atoms with Gasteiger partial charge in [0.1, 0.15) is 4.88 Å². The summed E-state index contributed by atoms with van der Waals surface area (Å²) < 4.78 is 1.25. The molecule has 2 heterocycles. The van der Waals surface area contributed by atoms with E-state index in [4.69, 9.17) is 5.11 Å². The Labute approximate surface area is 99.6 Å². The molecule has 2 aromatic heterocycles. The van der Waals surface area contributed by atoms with E-state index < -0.39 is 5.97 Å². The van der Waals surface area contributed by atoms with Gasteiger partial charge < -0.3 is 5.11 Å². The fraction of sp³-hybridized carbons (Fsp3) is 0.100. The highest BCUT2D eigenvalue weighted by Gasteiger charge is 2.09. The van der Waals surface area contributed by atoms with Gasteiger partial charge in [0.25, 0.3) is 0 Å². The number of carbonyl (C=O) groups is 1. The second-order valence-electron chi connectivity index (χ2n) is 2.79. The summed E-state index contributed by atoms with van der Waals surface area (Å²) >= 11 is 4.72. The molecule has 0 aliphatic heterocycles. The molecule has 0 aliphatic carbocycles. The fourth-order valence-corrected chi connectivity index (χ4v) is 3.63. The van der Waals surface area contributed by atoms with Gasteiger partial charge >= 0.3 is 5.97 Å². The van der Waals surface area contributed by atoms with Crippen molar-refractivity contribution in [2.75, 3.05) is 6.26 Å². The Morgan fingerprint density at radius 3 is 2.40 bits per heavy atom. The van der Waals surface area contributed by atoms with Gasteiger partial charge in [-0.2, -0.15) is 0 Å². The highest BCUT2D eigenvalue weighted by Crippen LogP contribution is 2.36. The van der Waals surface area contributed by atoms with Gasteiger partial charge in [0.15, 0.2) is 0 Å². The molecule has 0 atom stereocenters. The van der Waals surface area contributed by atoms with E-state index in [2.05, 4.69) is 6.07 Å². The van der Waals surface area contributed by atoms with Crippen molar-refractivity contribution < 1.29 is 9.90 Å². The molecular formula is C10H8O2S3. The van der Waals surface area contributed by atoms with Crippen molar-refractivity contribution in [2.24, 2.45) is 0 Å². The standard InChI is InChI=1S/C10H8O2S3/c1-13-9-5-4-7(15-9)6-2-3-8(14-6)10(11)12/h2-5H,1H3,(H,11,12). The summed E-state index contributed by atoms with van der Waals surface area (Å²) in [7, 11) is 0. The van der Waals surface area contributed by atoms with Gasteiger partial charge in [-0.05, 0) is 30.5 Å². The molecule has 0 saturated carbocycles. The van der Waals surface area contributed by atoms with Crippen molar-refractivity contribution in [1.29, 1.82) is 0 Å². The van der Waals surface area contributed by atoms with E-state index in [0.29, 0.717) is 4.88 Å². The van der Waals surface area contributed by atoms with Crippen molar-refractivity contribution in [1.82, 2.24) is 0 Å². The summed E-state index contributed by atoms with van der Waals surface area (Å²) in [5.41, 5.74) is 0. The van der Waals surface area contributed by atoms with Crippen LogP contribution >= 0.6 is 34.4 Å². The molecule has 0 fully saturated rings. The molecule has 2 rings (SSSR count). The zero-order chi connectivity index (χ0) is 10.8. The molecule has 0 spiro atoms. The number of aromatic carboxylic acids is 1. The first-order valence-corrected chi connectivity index (χ1v) is 7.04. The topological polar surface area (TPSA) is 37.3 Å². The van der Waals surface area contributed by atoms with Crippen molar-refractivity contribution >= 4 is 40.4 Å². The van der Waals surface area contributed by atoms with Gasteiger partial charge in [0.2, 0.25) is 0 Å². The van der Waals surface area contributed by atoms with Crippen LogP contribution < -0.4 is 0 Å². The molecule has 1 N–H and O–H groups in total. The Morgan fingerprint density at radius 2 is 1.87 bits per heavy atom. The van der Waals surface area contributed by atoms with Gasteiger partial charge in [0, 0.05) is 9.75 Å². The molecular weight excluding hydrogens is 248 g/mol. The minimum atomic E-state index is -0.854. The molecule has 0 saturated heterocycles. The van der Waals surface area contributed by atoms with Crippen LogP contribution in [0.15, 0.2) is 28.5 Å². The zero-order valence-electron chi connectivity index (χ0n) is 7.89. The lowest BCUT2D eigenvalue weighted by molar-refractivity contribution is 0.0702. The van der Waals surface area contributed by atoms with Gasteiger partial charge in [-0.25, -0.2) is 4.79 Å². The lowest BCUT2D eigenvalue weighted by atomic mass is 10.4. The van der Waals surface area contributed by atoms with Gasteiger partial charge in [0.05, 0.1) is 4.21 Å². The first-order valence-electron chi connectivity index (χ1n) is 4.18. The number of thioether (sulfide) groups is 1. The van der Waals surface area contributed by atoms with Gasteiger partial charge in [-0.15, -0.1) is 34.4 Å². The second kappa shape index (κ2) is 4.38. The molecule has 78 valence electrons. The lowest BCUT2D eigenvalue weighted by Gasteiger charge is -1.88. The first kappa shape index (κ1) is 10.7. The fourth-order valence-electron chi connectivity index (χ4n) is 1.15. The molecule has 2 nitrogen and oxygen atoms in total. The lowest BCUT2D eigenvalue weighted by Crippen LogP contribution is -1.89. The van der Waals surface area contributed by atoms with E-state index in [0.717, 1.165) is 9.75 Å². The van der Waals surface area contributed by atoms with Gasteiger partial charge in [-0.3, -0.25) is 0 Å². The number of hydrogen-bond acceptors (Lipinski definition) is 4. The maximum Gasteiger partial charge on any atom is 0.345 e. The third kappa shape index (κ3) is 2.25. The SMILES string of the molecule is CSc1ccc(-c2ccc(C(=O)O)s2)s1. The summed E-state index contributed by atoms with van der Waals surface area (Å²) in [4.78, 5) is 13.3. The highest BCUT2D eigenvalue weighted by molar-refractivity contribution is 8.00. The van der Waals surface area contributed by atoms with Crippen molar-refractivity contribution in [3.63, 3.8) is 0 Å². The highest BCUT2D eigenvalue weighted by atomic mass is 32.2. The van der Waals surface area contributed by atoms with E-state index in [1.54, 1.807) is 29.2 Å². The normalized spacial score (nSPS) is 10.5. The minimum absolute atomic E-state index is 0.393. The number of rotatable bonds is 3. The van der Waals surface area contributed by atoms with Crippen LogP contribution in [0.5, 0.6) is 0 Å². The Balaban J connectivity index is 2.32. The van der Waals surface area contributed by atoms with Crippen LogP contribution in [0.1, 0.15) is 9.67 Å². The van der Waals surface area contributed by atoms with Crippen LogP contribution in [0.4, 0.5) is 0 Å². The van der Waals surface area contributed by atoms with Crippen molar-refractivity contribution in [3.8, 4) is 9.75 Å². The average Bonchev–Trinajstić information content (AvgIpc) is 2.86. The van der Waals surface area contributed by atoms with Gasteiger partial charge in [-0.1, -0.05) is 0 Å². The molecule has 2 aromatic rings. The Bertz CT molecular complexity index is 484.